The van der Waals surface area contributed by atoms with Crippen LogP contribution in [0.15, 0.2) is 65.1 Å². The average molecular weight is 375 g/mol. The van der Waals surface area contributed by atoms with Crippen LogP contribution < -0.4 is 14.8 Å². The Balaban J connectivity index is 1.52. The molecular formula is C23H21NO4. The second kappa shape index (κ2) is 7.64. The fourth-order valence-electron chi connectivity index (χ4n) is 3.28. The van der Waals surface area contributed by atoms with Gasteiger partial charge in [-0.15, -0.1) is 0 Å². The van der Waals surface area contributed by atoms with Gasteiger partial charge in [-0.25, -0.2) is 0 Å². The SMILES string of the molecule is COc1ccc(CCC(=O)Nc2cc3oc4ccccc4c3cc2OC)cc1. The van der Waals surface area contributed by atoms with Crippen molar-refractivity contribution in [3.8, 4) is 11.5 Å². The van der Waals surface area contributed by atoms with Crippen molar-refractivity contribution >= 4 is 33.5 Å². The summed E-state index contributed by atoms with van der Waals surface area (Å²) in [6.45, 7) is 0. The van der Waals surface area contributed by atoms with E-state index in [4.69, 9.17) is 13.9 Å². The third kappa shape index (κ3) is 3.51. The number of para-hydroxylation sites is 1. The number of ether oxygens (including phenoxy) is 2. The first-order valence-corrected chi connectivity index (χ1v) is 9.10. The van der Waals surface area contributed by atoms with Crippen molar-refractivity contribution in [2.45, 2.75) is 12.8 Å². The molecular weight excluding hydrogens is 354 g/mol. The number of fused-ring (bicyclic) bond motifs is 3. The Morgan fingerprint density at radius 3 is 2.46 bits per heavy atom. The highest BCUT2D eigenvalue weighted by Crippen LogP contribution is 2.36. The van der Waals surface area contributed by atoms with Crippen LogP contribution >= 0.6 is 0 Å². The molecule has 142 valence electrons. The van der Waals surface area contributed by atoms with E-state index in [1.54, 1.807) is 14.2 Å². The minimum Gasteiger partial charge on any atom is -0.497 e. The molecule has 3 aromatic carbocycles. The van der Waals surface area contributed by atoms with E-state index in [2.05, 4.69) is 5.32 Å². The van der Waals surface area contributed by atoms with Crippen molar-refractivity contribution in [1.82, 2.24) is 0 Å². The van der Waals surface area contributed by atoms with Gasteiger partial charge in [0.25, 0.3) is 0 Å². The van der Waals surface area contributed by atoms with Gasteiger partial charge in [-0.1, -0.05) is 30.3 Å². The normalized spacial score (nSPS) is 10.9. The zero-order valence-corrected chi connectivity index (χ0v) is 15.8. The summed E-state index contributed by atoms with van der Waals surface area (Å²) >= 11 is 0. The number of hydrogen-bond acceptors (Lipinski definition) is 4. The summed E-state index contributed by atoms with van der Waals surface area (Å²) < 4.78 is 16.6. The first-order chi connectivity index (χ1) is 13.7. The smallest absolute Gasteiger partial charge is 0.224 e. The molecule has 1 amide bonds. The molecule has 28 heavy (non-hydrogen) atoms. The minimum absolute atomic E-state index is 0.0791. The van der Waals surface area contributed by atoms with Crippen molar-refractivity contribution in [2.75, 3.05) is 19.5 Å². The number of anilines is 1. The summed E-state index contributed by atoms with van der Waals surface area (Å²) in [4.78, 5) is 12.5. The molecule has 0 aliphatic carbocycles. The Bertz CT molecular complexity index is 1130. The van der Waals surface area contributed by atoms with Gasteiger partial charge in [-0.2, -0.15) is 0 Å². The lowest BCUT2D eigenvalue weighted by Gasteiger charge is -2.10. The van der Waals surface area contributed by atoms with E-state index >= 15 is 0 Å². The number of aryl methyl sites for hydroxylation is 1. The number of benzene rings is 3. The Labute approximate surface area is 162 Å². The molecule has 1 aromatic heterocycles. The summed E-state index contributed by atoms with van der Waals surface area (Å²) in [5.41, 5.74) is 3.21. The van der Waals surface area contributed by atoms with Crippen molar-refractivity contribution in [3.05, 3.63) is 66.2 Å². The van der Waals surface area contributed by atoms with Gasteiger partial charge in [0.2, 0.25) is 5.91 Å². The monoisotopic (exact) mass is 375 g/mol. The van der Waals surface area contributed by atoms with Crippen LogP contribution in [0.5, 0.6) is 11.5 Å². The van der Waals surface area contributed by atoms with Gasteiger partial charge in [0, 0.05) is 23.3 Å². The molecule has 0 unspecified atom stereocenters. The standard InChI is InChI=1S/C23H21NO4/c1-26-16-10-7-15(8-11-16)9-12-23(25)24-19-14-21-18(13-22(19)27-2)17-5-3-4-6-20(17)28-21/h3-8,10-11,13-14H,9,12H2,1-2H3,(H,24,25). The van der Waals surface area contributed by atoms with Gasteiger partial charge in [0.1, 0.15) is 22.7 Å². The average Bonchev–Trinajstić information content (AvgIpc) is 3.09. The lowest BCUT2D eigenvalue weighted by atomic mass is 10.1. The highest BCUT2D eigenvalue weighted by Gasteiger charge is 2.14. The van der Waals surface area contributed by atoms with Crippen LogP contribution in [-0.2, 0) is 11.2 Å². The topological polar surface area (TPSA) is 60.7 Å². The van der Waals surface area contributed by atoms with Crippen LogP contribution in [0.4, 0.5) is 5.69 Å². The third-order valence-corrected chi connectivity index (χ3v) is 4.77. The van der Waals surface area contributed by atoms with Gasteiger partial charge in [0.15, 0.2) is 0 Å². The zero-order chi connectivity index (χ0) is 19.5. The fraction of sp³-hybridized carbons (Fsp3) is 0.174. The molecule has 0 aliphatic heterocycles. The van der Waals surface area contributed by atoms with E-state index in [0.717, 1.165) is 27.7 Å². The van der Waals surface area contributed by atoms with E-state index in [1.165, 1.54) is 0 Å². The van der Waals surface area contributed by atoms with E-state index < -0.39 is 0 Å². The first-order valence-electron chi connectivity index (χ1n) is 9.10. The summed E-state index contributed by atoms with van der Waals surface area (Å²) in [5, 5.41) is 4.93. The molecule has 1 heterocycles. The van der Waals surface area contributed by atoms with Crippen molar-refractivity contribution in [2.24, 2.45) is 0 Å². The summed E-state index contributed by atoms with van der Waals surface area (Å²) in [5.74, 6) is 1.33. The molecule has 0 atom stereocenters. The quantitative estimate of drug-likeness (QED) is 0.505. The van der Waals surface area contributed by atoms with Gasteiger partial charge < -0.3 is 19.2 Å². The minimum atomic E-state index is -0.0791. The Kier molecular flexibility index (Phi) is 4.89. The molecule has 0 saturated heterocycles. The number of methoxy groups -OCH3 is 2. The second-order valence-electron chi connectivity index (χ2n) is 6.54. The van der Waals surface area contributed by atoms with E-state index in [-0.39, 0.29) is 5.91 Å². The number of furan rings is 1. The number of carbonyl (C=O) groups excluding carboxylic acids is 1. The number of amides is 1. The van der Waals surface area contributed by atoms with E-state index in [1.807, 2.05) is 60.7 Å². The molecule has 5 heteroatoms. The second-order valence-corrected chi connectivity index (χ2v) is 6.54. The summed E-state index contributed by atoms with van der Waals surface area (Å²) in [7, 11) is 3.23. The molecule has 1 N–H and O–H groups in total. The first kappa shape index (κ1) is 17.9. The van der Waals surface area contributed by atoms with Crippen LogP contribution in [0.2, 0.25) is 0 Å². The molecule has 0 saturated carbocycles. The molecule has 0 aliphatic rings. The molecule has 0 radical (unpaired) electrons. The number of nitrogens with one attached hydrogen (secondary N) is 1. The molecule has 0 spiro atoms. The van der Waals surface area contributed by atoms with E-state index in [0.29, 0.717) is 29.9 Å². The lowest BCUT2D eigenvalue weighted by Crippen LogP contribution is -2.13. The van der Waals surface area contributed by atoms with Gasteiger partial charge in [-0.3, -0.25) is 4.79 Å². The van der Waals surface area contributed by atoms with Gasteiger partial charge >= 0.3 is 0 Å². The predicted molar refractivity (Wildman–Crippen MR) is 110 cm³/mol. The highest BCUT2D eigenvalue weighted by atomic mass is 16.5. The molecule has 4 aromatic rings. The maximum absolute atomic E-state index is 12.5. The Morgan fingerprint density at radius 2 is 1.71 bits per heavy atom. The van der Waals surface area contributed by atoms with Crippen LogP contribution in [-0.4, -0.2) is 20.1 Å². The maximum atomic E-state index is 12.5. The molecule has 0 fully saturated rings. The summed E-state index contributed by atoms with van der Waals surface area (Å²) in [6, 6.07) is 19.3. The van der Waals surface area contributed by atoms with Crippen molar-refractivity contribution in [3.63, 3.8) is 0 Å². The highest BCUT2D eigenvalue weighted by molar-refractivity contribution is 6.07. The molecule has 4 rings (SSSR count). The van der Waals surface area contributed by atoms with Crippen LogP contribution in [0.3, 0.4) is 0 Å². The van der Waals surface area contributed by atoms with Crippen LogP contribution in [0, 0.1) is 0 Å². The van der Waals surface area contributed by atoms with Crippen molar-refractivity contribution in [1.29, 1.82) is 0 Å². The van der Waals surface area contributed by atoms with Gasteiger partial charge in [0.05, 0.1) is 19.9 Å². The molecule has 0 bridgehead atoms. The number of rotatable bonds is 6. The largest absolute Gasteiger partial charge is 0.497 e. The van der Waals surface area contributed by atoms with E-state index in [9.17, 15) is 4.79 Å². The maximum Gasteiger partial charge on any atom is 0.224 e. The zero-order valence-electron chi connectivity index (χ0n) is 15.8. The Morgan fingerprint density at radius 1 is 0.929 bits per heavy atom. The van der Waals surface area contributed by atoms with Crippen LogP contribution in [0.25, 0.3) is 21.9 Å². The number of carbonyl (C=O) groups is 1. The number of hydrogen-bond donors (Lipinski definition) is 1. The Hall–Kier alpha value is -3.47. The van der Waals surface area contributed by atoms with Crippen LogP contribution in [0.1, 0.15) is 12.0 Å². The predicted octanol–water partition coefficient (Wildman–Crippen LogP) is 5.17. The third-order valence-electron chi connectivity index (χ3n) is 4.77. The van der Waals surface area contributed by atoms with Crippen molar-refractivity contribution < 1.29 is 18.7 Å². The fourth-order valence-corrected chi connectivity index (χ4v) is 3.28. The lowest BCUT2D eigenvalue weighted by molar-refractivity contribution is -0.116. The van der Waals surface area contributed by atoms with Gasteiger partial charge in [-0.05, 0) is 36.2 Å². The summed E-state index contributed by atoms with van der Waals surface area (Å²) in [6.07, 6.45) is 1.01. The molecule has 5 nitrogen and oxygen atoms in total.